The topological polar surface area (TPSA) is 73.6 Å². The fourth-order valence-corrected chi connectivity index (χ4v) is 4.21. The van der Waals surface area contributed by atoms with Crippen LogP contribution in [0.4, 0.5) is 5.69 Å². The van der Waals surface area contributed by atoms with Crippen LogP contribution in [0.15, 0.2) is 35.5 Å². The minimum Gasteiger partial charge on any atom is -0.398 e. The molecule has 2 unspecified atom stereocenters. The Kier molecular flexibility index (Phi) is 3.32. The predicted octanol–water partition coefficient (Wildman–Crippen LogP) is 0.408. The molecule has 2 fully saturated rings. The first kappa shape index (κ1) is 14.5. The van der Waals surface area contributed by atoms with Gasteiger partial charge in [0, 0.05) is 56.1 Å². The van der Waals surface area contributed by atoms with E-state index in [1.54, 1.807) is 12.1 Å². The number of anilines is 1. The molecule has 0 aromatic heterocycles. The Balaban J connectivity index is 1.54. The molecule has 2 saturated heterocycles. The Morgan fingerprint density at radius 2 is 1.83 bits per heavy atom. The van der Waals surface area contributed by atoms with Crippen molar-refractivity contribution in [2.75, 3.05) is 45.0 Å². The van der Waals surface area contributed by atoms with Crippen molar-refractivity contribution in [3.8, 4) is 0 Å². The minimum absolute atomic E-state index is 0.0534. The van der Waals surface area contributed by atoms with Crippen molar-refractivity contribution in [2.24, 2.45) is 5.41 Å². The molecule has 0 saturated carbocycles. The van der Waals surface area contributed by atoms with Gasteiger partial charge in [-0.2, -0.15) is 0 Å². The number of rotatable bonds is 3. The van der Waals surface area contributed by atoms with Crippen molar-refractivity contribution >= 4 is 11.6 Å². The molecule has 1 aromatic rings. The first-order valence-electron chi connectivity index (χ1n) is 8.13. The quantitative estimate of drug-likeness (QED) is 0.557. The molecule has 0 spiro atoms. The van der Waals surface area contributed by atoms with Gasteiger partial charge in [0.15, 0.2) is 0 Å². The number of nitrogens with two attached hydrogens (primary N) is 1. The van der Waals surface area contributed by atoms with Gasteiger partial charge in [-0.3, -0.25) is 20.0 Å². The number of hydrogen-bond acceptors (Lipinski definition) is 5. The molecule has 4 N–H and O–H groups in total. The number of benzene rings is 1. The molecule has 6 nitrogen and oxygen atoms in total. The van der Waals surface area contributed by atoms with Gasteiger partial charge in [0.2, 0.25) is 0 Å². The van der Waals surface area contributed by atoms with E-state index in [4.69, 9.17) is 5.73 Å². The van der Waals surface area contributed by atoms with E-state index in [2.05, 4.69) is 27.6 Å². The predicted molar refractivity (Wildman–Crippen MR) is 89.5 cm³/mol. The van der Waals surface area contributed by atoms with Crippen molar-refractivity contribution in [1.82, 2.24) is 20.7 Å². The summed E-state index contributed by atoms with van der Waals surface area (Å²) in [7, 11) is 0. The Bertz CT molecular complexity index is 665. The molecule has 23 heavy (non-hydrogen) atoms. The molecule has 0 aliphatic carbocycles. The highest BCUT2D eigenvalue weighted by molar-refractivity contribution is 5.98. The van der Waals surface area contributed by atoms with Crippen LogP contribution in [0.25, 0.3) is 0 Å². The SMILES string of the molecule is CC12CN3CCN(CC(=C1NNC(=O)c1ccccc1N)C3)C2. The van der Waals surface area contributed by atoms with Gasteiger partial charge in [-0.25, -0.2) is 0 Å². The van der Waals surface area contributed by atoms with Gasteiger partial charge < -0.3 is 11.2 Å². The molecule has 6 heteroatoms. The molecule has 0 radical (unpaired) electrons. The van der Waals surface area contributed by atoms with Crippen molar-refractivity contribution in [3.05, 3.63) is 41.1 Å². The molecule has 5 rings (SSSR count). The highest BCUT2D eigenvalue weighted by atomic mass is 16.2. The Hall–Kier alpha value is -2.05. The van der Waals surface area contributed by atoms with E-state index in [9.17, 15) is 4.79 Å². The molecule has 122 valence electrons. The molecule has 1 amide bonds. The maximum Gasteiger partial charge on any atom is 0.271 e. The van der Waals surface area contributed by atoms with Gasteiger partial charge in [0.05, 0.1) is 5.56 Å². The first-order chi connectivity index (χ1) is 11.0. The third-order valence-electron chi connectivity index (χ3n) is 5.17. The van der Waals surface area contributed by atoms with Crippen LogP contribution in [0.3, 0.4) is 0 Å². The lowest BCUT2D eigenvalue weighted by Gasteiger charge is -2.46. The van der Waals surface area contributed by atoms with E-state index in [1.807, 2.05) is 12.1 Å². The zero-order valence-corrected chi connectivity index (χ0v) is 13.4. The zero-order valence-electron chi connectivity index (χ0n) is 13.4. The standard InChI is InChI=1S/C17H23N5O/c1-17-10-21-6-7-22(11-17)9-12(8-21)15(17)19-20-16(23)13-4-2-3-5-14(13)18/h2-5,19H,6-11,18H2,1H3,(H,20,23). The molecule has 4 heterocycles. The molecule has 4 aliphatic heterocycles. The fraction of sp³-hybridized carbons (Fsp3) is 0.471. The average Bonchev–Trinajstić information content (AvgIpc) is 2.74. The van der Waals surface area contributed by atoms with Crippen molar-refractivity contribution in [2.45, 2.75) is 6.92 Å². The number of carbonyl (C=O) groups is 1. The van der Waals surface area contributed by atoms with Crippen LogP contribution in [0.5, 0.6) is 0 Å². The Morgan fingerprint density at radius 3 is 2.43 bits per heavy atom. The summed E-state index contributed by atoms with van der Waals surface area (Å²) in [5, 5.41) is 0. The van der Waals surface area contributed by atoms with Gasteiger partial charge in [0.25, 0.3) is 5.91 Å². The molecule has 1 aromatic carbocycles. The highest BCUT2D eigenvalue weighted by Crippen LogP contribution is 2.39. The lowest BCUT2D eigenvalue weighted by Crippen LogP contribution is -2.56. The molecular formula is C17H23N5O. The van der Waals surface area contributed by atoms with Crippen LogP contribution in [0.1, 0.15) is 17.3 Å². The van der Waals surface area contributed by atoms with Crippen LogP contribution in [-0.2, 0) is 0 Å². The van der Waals surface area contributed by atoms with E-state index < -0.39 is 0 Å². The lowest BCUT2D eigenvalue weighted by atomic mass is 9.78. The van der Waals surface area contributed by atoms with Crippen LogP contribution in [0, 0.1) is 5.41 Å². The Labute approximate surface area is 136 Å². The maximum absolute atomic E-state index is 12.4. The van der Waals surface area contributed by atoms with Crippen LogP contribution < -0.4 is 16.6 Å². The summed E-state index contributed by atoms with van der Waals surface area (Å²) in [6, 6.07) is 7.13. The summed E-state index contributed by atoms with van der Waals surface area (Å²) in [4.78, 5) is 17.4. The van der Waals surface area contributed by atoms with E-state index in [0.29, 0.717) is 11.3 Å². The summed E-state index contributed by atoms with van der Waals surface area (Å²) in [6.45, 7) is 8.63. The summed E-state index contributed by atoms with van der Waals surface area (Å²) in [6.07, 6.45) is 0. The van der Waals surface area contributed by atoms with Crippen LogP contribution in [0.2, 0.25) is 0 Å². The second-order valence-electron chi connectivity index (χ2n) is 7.13. The Morgan fingerprint density at radius 1 is 1.17 bits per heavy atom. The van der Waals surface area contributed by atoms with E-state index in [1.165, 1.54) is 11.3 Å². The smallest absolute Gasteiger partial charge is 0.271 e. The second kappa shape index (κ2) is 5.25. The van der Waals surface area contributed by atoms with Gasteiger partial charge in [-0.15, -0.1) is 0 Å². The summed E-state index contributed by atoms with van der Waals surface area (Å²) < 4.78 is 0. The van der Waals surface area contributed by atoms with Gasteiger partial charge >= 0.3 is 0 Å². The lowest BCUT2D eigenvalue weighted by molar-refractivity contribution is 0.0920. The number of carbonyl (C=O) groups excluding carboxylic acids is 1. The van der Waals surface area contributed by atoms with Gasteiger partial charge in [0.1, 0.15) is 0 Å². The maximum atomic E-state index is 12.4. The van der Waals surface area contributed by atoms with Crippen molar-refractivity contribution < 1.29 is 4.79 Å². The fourth-order valence-electron chi connectivity index (χ4n) is 4.21. The number of para-hydroxylation sites is 1. The largest absolute Gasteiger partial charge is 0.398 e. The summed E-state index contributed by atoms with van der Waals surface area (Å²) in [5.41, 5.74) is 15.6. The van der Waals surface area contributed by atoms with Crippen LogP contribution in [-0.4, -0.2) is 55.0 Å². The number of amides is 1. The third kappa shape index (κ3) is 2.48. The summed E-state index contributed by atoms with van der Waals surface area (Å²) in [5.74, 6) is -0.188. The van der Waals surface area contributed by atoms with Crippen LogP contribution >= 0.6 is 0 Å². The number of fused-ring (bicyclic) bond motifs is 1. The highest BCUT2D eigenvalue weighted by Gasteiger charge is 2.45. The molecule has 4 bridgehead atoms. The molecular weight excluding hydrogens is 290 g/mol. The third-order valence-corrected chi connectivity index (χ3v) is 5.17. The minimum atomic E-state index is -0.188. The van der Waals surface area contributed by atoms with E-state index in [-0.39, 0.29) is 11.3 Å². The zero-order chi connectivity index (χ0) is 16.0. The average molecular weight is 313 g/mol. The van der Waals surface area contributed by atoms with E-state index in [0.717, 1.165) is 39.3 Å². The number of hydrogen-bond donors (Lipinski definition) is 3. The summed E-state index contributed by atoms with van der Waals surface area (Å²) >= 11 is 0. The van der Waals surface area contributed by atoms with E-state index >= 15 is 0 Å². The van der Waals surface area contributed by atoms with Gasteiger partial charge in [-0.05, 0) is 17.7 Å². The second-order valence-corrected chi connectivity index (χ2v) is 7.13. The number of nitrogens with zero attached hydrogens (tertiary/aromatic N) is 2. The van der Waals surface area contributed by atoms with Gasteiger partial charge in [-0.1, -0.05) is 19.1 Å². The number of hydrazine groups is 1. The number of nitrogen functional groups attached to an aromatic ring is 1. The monoisotopic (exact) mass is 313 g/mol. The normalized spacial score (nSPS) is 31.9. The number of nitrogens with one attached hydrogen (secondary N) is 2. The van der Waals surface area contributed by atoms with Crippen molar-refractivity contribution in [3.63, 3.8) is 0 Å². The molecule has 4 aliphatic rings. The first-order valence-corrected chi connectivity index (χ1v) is 8.13. The molecule has 2 atom stereocenters. The van der Waals surface area contributed by atoms with Crippen molar-refractivity contribution in [1.29, 1.82) is 0 Å².